The van der Waals surface area contributed by atoms with Crippen LogP contribution < -0.4 is 0 Å². The maximum Gasteiger partial charge on any atom is 0.233 e. The van der Waals surface area contributed by atoms with Gasteiger partial charge < -0.3 is 5.11 Å². The summed E-state index contributed by atoms with van der Waals surface area (Å²) in [7, 11) is 0. The third kappa shape index (κ3) is 2.48. The van der Waals surface area contributed by atoms with Crippen molar-refractivity contribution >= 4 is 11.8 Å². The van der Waals surface area contributed by atoms with Gasteiger partial charge in [0.05, 0.1) is 25.0 Å². The maximum atomic E-state index is 12.5. The Kier molecular flexibility index (Phi) is 3.81. The van der Waals surface area contributed by atoms with E-state index in [4.69, 9.17) is 5.11 Å². The Bertz CT molecular complexity index is 545. The summed E-state index contributed by atoms with van der Waals surface area (Å²) in [6, 6.07) is 7.42. The van der Waals surface area contributed by atoms with Crippen LogP contribution in [0.1, 0.15) is 37.3 Å². The molecule has 1 N–H and O–H groups in total. The lowest BCUT2D eigenvalue weighted by molar-refractivity contribution is -0.141. The molecule has 1 aliphatic carbocycles. The smallest absolute Gasteiger partial charge is 0.233 e. The van der Waals surface area contributed by atoms with Gasteiger partial charge in [-0.3, -0.25) is 14.5 Å². The van der Waals surface area contributed by atoms with Crippen molar-refractivity contribution < 1.29 is 14.7 Å². The summed E-state index contributed by atoms with van der Waals surface area (Å²) in [5.41, 5.74) is 1.70. The molecule has 3 rings (SSSR count). The van der Waals surface area contributed by atoms with Crippen LogP contribution in [-0.4, -0.2) is 21.8 Å². The molecule has 1 aromatic carbocycles. The van der Waals surface area contributed by atoms with E-state index in [1.807, 2.05) is 24.3 Å². The van der Waals surface area contributed by atoms with Crippen molar-refractivity contribution in [2.75, 3.05) is 0 Å². The van der Waals surface area contributed by atoms with Crippen LogP contribution in [0, 0.1) is 17.8 Å². The number of rotatable bonds is 4. The van der Waals surface area contributed by atoms with Crippen LogP contribution in [0.2, 0.25) is 0 Å². The number of nitrogens with zero attached hydrogens (tertiary/aromatic N) is 1. The molecule has 0 bridgehead atoms. The summed E-state index contributed by atoms with van der Waals surface area (Å²) in [5.74, 6) is 0.324. The normalized spacial score (nSPS) is 28.3. The van der Waals surface area contributed by atoms with Gasteiger partial charge in [-0.05, 0) is 29.9 Å². The molecule has 0 radical (unpaired) electrons. The average molecular weight is 287 g/mol. The molecule has 1 aromatic rings. The highest BCUT2D eigenvalue weighted by atomic mass is 16.3. The van der Waals surface area contributed by atoms with E-state index in [2.05, 4.69) is 6.92 Å². The summed E-state index contributed by atoms with van der Waals surface area (Å²) in [6.07, 6.45) is 2.77. The molecule has 2 amide bonds. The zero-order valence-electron chi connectivity index (χ0n) is 12.3. The van der Waals surface area contributed by atoms with E-state index in [0.717, 1.165) is 30.4 Å². The van der Waals surface area contributed by atoms with E-state index in [1.54, 1.807) is 0 Å². The lowest BCUT2D eigenvalue weighted by atomic mass is 10.00. The molecule has 1 saturated heterocycles. The predicted molar refractivity (Wildman–Crippen MR) is 77.9 cm³/mol. The number of likely N-dealkylation sites (tertiary alicyclic amines) is 1. The minimum Gasteiger partial charge on any atom is -0.392 e. The van der Waals surface area contributed by atoms with Gasteiger partial charge in [-0.15, -0.1) is 0 Å². The maximum absolute atomic E-state index is 12.5. The van der Waals surface area contributed by atoms with Crippen molar-refractivity contribution in [3.63, 3.8) is 0 Å². The lowest BCUT2D eigenvalue weighted by Gasteiger charge is -2.18. The molecule has 1 heterocycles. The highest BCUT2D eigenvalue weighted by Crippen LogP contribution is 2.44. The van der Waals surface area contributed by atoms with Crippen molar-refractivity contribution in [3.05, 3.63) is 35.4 Å². The first-order chi connectivity index (χ1) is 10.1. The van der Waals surface area contributed by atoms with Crippen LogP contribution in [0.5, 0.6) is 0 Å². The molecule has 2 fully saturated rings. The third-order valence-electron chi connectivity index (χ3n) is 4.92. The number of aliphatic hydroxyl groups is 1. The largest absolute Gasteiger partial charge is 0.392 e. The minimum atomic E-state index is -0.0940. The van der Waals surface area contributed by atoms with Crippen LogP contribution in [-0.2, 0) is 22.7 Å². The van der Waals surface area contributed by atoms with E-state index < -0.39 is 0 Å². The summed E-state index contributed by atoms with van der Waals surface area (Å²) in [6.45, 7) is 2.42. The van der Waals surface area contributed by atoms with Crippen molar-refractivity contribution in [2.45, 2.75) is 39.3 Å². The molecule has 1 aliphatic heterocycles. The number of imide groups is 1. The number of carbonyl (C=O) groups excluding carboxylic acids is 2. The van der Waals surface area contributed by atoms with Crippen LogP contribution in [0.3, 0.4) is 0 Å². The Morgan fingerprint density at radius 2 is 1.76 bits per heavy atom. The molecule has 4 nitrogen and oxygen atoms in total. The van der Waals surface area contributed by atoms with Crippen LogP contribution in [0.4, 0.5) is 0 Å². The van der Waals surface area contributed by atoms with E-state index >= 15 is 0 Å². The molecule has 112 valence electrons. The fourth-order valence-electron chi connectivity index (χ4n) is 3.70. The molecule has 2 aliphatic rings. The molecule has 1 saturated carbocycles. The lowest BCUT2D eigenvalue weighted by Crippen LogP contribution is -2.31. The third-order valence-corrected chi connectivity index (χ3v) is 4.92. The number of benzene rings is 1. The molecule has 0 spiro atoms. The second-order valence-corrected chi connectivity index (χ2v) is 6.20. The molecular weight excluding hydrogens is 266 g/mol. The molecule has 2 unspecified atom stereocenters. The van der Waals surface area contributed by atoms with Gasteiger partial charge in [0, 0.05) is 0 Å². The first kappa shape index (κ1) is 14.3. The second-order valence-electron chi connectivity index (χ2n) is 6.20. The molecular formula is C17H21NO3. The number of carbonyl (C=O) groups is 2. The van der Waals surface area contributed by atoms with Crippen LogP contribution in [0.15, 0.2) is 24.3 Å². The zero-order valence-corrected chi connectivity index (χ0v) is 12.3. The fraction of sp³-hybridized carbons (Fsp3) is 0.529. The minimum absolute atomic E-state index is 0.00430. The molecule has 4 heteroatoms. The monoisotopic (exact) mass is 287 g/mol. The van der Waals surface area contributed by atoms with E-state index in [0.29, 0.717) is 12.5 Å². The first-order valence-corrected chi connectivity index (χ1v) is 7.68. The van der Waals surface area contributed by atoms with E-state index in [9.17, 15) is 9.59 Å². The molecule has 21 heavy (non-hydrogen) atoms. The Morgan fingerprint density at radius 3 is 2.33 bits per heavy atom. The summed E-state index contributed by atoms with van der Waals surface area (Å²) >= 11 is 0. The predicted octanol–water partition coefficient (Wildman–Crippen LogP) is 2.10. The summed E-state index contributed by atoms with van der Waals surface area (Å²) < 4.78 is 0. The summed E-state index contributed by atoms with van der Waals surface area (Å²) in [5, 5.41) is 9.17. The summed E-state index contributed by atoms with van der Waals surface area (Å²) in [4.78, 5) is 26.4. The van der Waals surface area contributed by atoms with Gasteiger partial charge in [-0.1, -0.05) is 37.6 Å². The Morgan fingerprint density at radius 1 is 1.14 bits per heavy atom. The quantitative estimate of drug-likeness (QED) is 0.863. The van der Waals surface area contributed by atoms with Crippen LogP contribution >= 0.6 is 0 Å². The second kappa shape index (κ2) is 5.60. The number of hydrogen-bond donors (Lipinski definition) is 1. The molecule has 2 atom stereocenters. The highest BCUT2D eigenvalue weighted by Gasteiger charge is 2.51. The van der Waals surface area contributed by atoms with Crippen molar-refractivity contribution in [3.8, 4) is 0 Å². The average Bonchev–Trinajstić information content (AvgIpc) is 3.03. The number of amides is 2. The zero-order chi connectivity index (χ0) is 15.0. The number of fused-ring (bicyclic) bond motifs is 1. The van der Waals surface area contributed by atoms with Crippen molar-refractivity contribution in [2.24, 2.45) is 17.8 Å². The Hall–Kier alpha value is -1.68. The van der Waals surface area contributed by atoms with E-state index in [-0.39, 0.29) is 30.3 Å². The standard InChI is InChI=1S/C17H21NO3/c1-2-11-7-14-15(8-11)17(21)18(16(14)20)9-12-4-3-5-13(6-12)10-19/h3-6,11,14-15,19H,2,7-10H2,1H3. The van der Waals surface area contributed by atoms with Gasteiger partial charge in [0.2, 0.25) is 11.8 Å². The number of aliphatic hydroxyl groups excluding tert-OH is 1. The Labute approximate surface area is 124 Å². The number of hydrogen-bond acceptors (Lipinski definition) is 3. The SMILES string of the molecule is CCC1CC2C(=O)N(Cc3cccc(CO)c3)C(=O)C2C1. The molecule has 0 aromatic heterocycles. The van der Waals surface area contributed by atoms with E-state index in [1.165, 1.54) is 4.90 Å². The van der Waals surface area contributed by atoms with Gasteiger partial charge in [0.1, 0.15) is 0 Å². The van der Waals surface area contributed by atoms with Gasteiger partial charge in [-0.25, -0.2) is 0 Å². The fourth-order valence-corrected chi connectivity index (χ4v) is 3.70. The van der Waals surface area contributed by atoms with Crippen molar-refractivity contribution in [1.82, 2.24) is 4.90 Å². The topological polar surface area (TPSA) is 57.6 Å². The Balaban J connectivity index is 1.75. The van der Waals surface area contributed by atoms with Gasteiger partial charge >= 0.3 is 0 Å². The first-order valence-electron chi connectivity index (χ1n) is 7.68. The van der Waals surface area contributed by atoms with Crippen molar-refractivity contribution in [1.29, 1.82) is 0 Å². The van der Waals surface area contributed by atoms with Gasteiger partial charge in [-0.2, -0.15) is 0 Å². The highest BCUT2D eigenvalue weighted by molar-refractivity contribution is 6.05. The van der Waals surface area contributed by atoms with Crippen LogP contribution in [0.25, 0.3) is 0 Å². The van der Waals surface area contributed by atoms with Gasteiger partial charge in [0.25, 0.3) is 0 Å². The van der Waals surface area contributed by atoms with Gasteiger partial charge in [0.15, 0.2) is 0 Å².